The molecule has 338 valence electrons. The minimum atomic E-state index is -1.78. The Kier molecular flexibility index (Phi) is 13.9. The van der Waals surface area contributed by atoms with E-state index in [-0.39, 0.29) is 43.4 Å². The van der Waals surface area contributed by atoms with E-state index in [9.17, 15) is 10.1 Å². The van der Waals surface area contributed by atoms with Gasteiger partial charge in [0.2, 0.25) is 0 Å². The highest BCUT2D eigenvalue weighted by Gasteiger charge is 2.68. The molecule has 2 aromatic heterocycles. The number of nitrogens with one attached hydrogen (secondary N) is 1. The molecule has 1 unspecified atom stereocenters. The highest BCUT2D eigenvalue weighted by atomic mass is 31.2. The number of ether oxygens (including phenoxy) is 5. The predicted octanol–water partition coefficient (Wildman–Crippen LogP) is 8.82. The molecule has 2 fully saturated rings. The molecule has 8 rings (SSSR count). The molecule has 65 heavy (non-hydrogen) atoms. The number of carbonyl (C=O) groups is 1. The maximum Gasteiger partial charge on any atom is 0.259 e. The number of benzene rings is 4. The molecule has 0 radical (unpaired) electrons. The number of nitriles is 1. The van der Waals surface area contributed by atoms with E-state index in [2.05, 4.69) is 65.9 Å². The summed E-state index contributed by atoms with van der Waals surface area (Å²) in [6, 6.07) is 37.0. The van der Waals surface area contributed by atoms with Gasteiger partial charge in [-0.3, -0.25) is 9.36 Å². The lowest BCUT2D eigenvalue weighted by atomic mass is 9.79. The van der Waals surface area contributed by atoms with Crippen LogP contribution in [0.5, 0.6) is 11.5 Å². The second-order valence-electron chi connectivity index (χ2n) is 16.4. The summed E-state index contributed by atoms with van der Waals surface area (Å²) in [5, 5.41) is 12.4. The van der Waals surface area contributed by atoms with Gasteiger partial charge in [-0.1, -0.05) is 72.8 Å². The van der Waals surface area contributed by atoms with Gasteiger partial charge in [-0.25, -0.2) is 19.6 Å². The van der Waals surface area contributed by atoms with Crippen molar-refractivity contribution in [1.82, 2.24) is 24.2 Å². The fraction of sp³-hybridized carbons (Fsp3) is 0.367. The first-order chi connectivity index (χ1) is 31.5. The number of aromatic nitrogens is 4. The molecule has 0 spiro atoms. The number of amides is 1. The molecular formula is C49H54N7O8P. The maximum atomic E-state index is 13.3. The molecule has 1 N–H and O–H groups in total. The van der Waals surface area contributed by atoms with Crippen molar-refractivity contribution in [2.24, 2.45) is 0 Å². The van der Waals surface area contributed by atoms with Gasteiger partial charge in [-0.15, -0.1) is 0 Å². The van der Waals surface area contributed by atoms with Crippen LogP contribution in [0.25, 0.3) is 11.2 Å². The van der Waals surface area contributed by atoms with Gasteiger partial charge in [0, 0.05) is 17.6 Å². The molecule has 4 heterocycles. The van der Waals surface area contributed by atoms with Crippen molar-refractivity contribution >= 4 is 31.4 Å². The van der Waals surface area contributed by atoms with Gasteiger partial charge in [0.25, 0.3) is 14.4 Å². The molecule has 15 nitrogen and oxygen atoms in total. The van der Waals surface area contributed by atoms with Crippen LogP contribution in [0.1, 0.15) is 74.3 Å². The summed E-state index contributed by atoms with van der Waals surface area (Å²) >= 11 is 0. The summed E-state index contributed by atoms with van der Waals surface area (Å²) in [6.07, 6.45) is 0.128. The fourth-order valence-corrected chi connectivity index (χ4v) is 10.6. The molecule has 16 heteroatoms. The number of anilines is 1. The number of imidazole rings is 1. The number of methoxy groups -OCH3 is 2. The van der Waals surface area contributed by atoms with Crippen LogP contribution in [-0.4, -0.2) is 93.5 Å². The second-order valence-corrected chi connectivity index (χ2v) is 17.8. The first-order valence-electron chi connectivity index (χ1n) is 21.6. The molecule has 2 aliphatic rings. The molecule has 6 atom stereocenters. The third kappa shape index (κ3) is 8.83. The van der Waals surface area contributed by atoms with Crippen molar-refractivity contribution in [3.05, 3.63) is 144 Å². The van der Waals surface area contributed by atoms with Gasteiger partial charge in [-0.2, -0.15) is 5.26 Å². The van der Waals surface area contributed by atoms with Crippen molar-refractivity contribution < 1.29 is 37.5 Å². The summed E-state index contributed by atoms with van der Waals surface area (Å²) < 4.78 is 50.9. The van der Waals surface area contributed by atoms with Crippen molar-refractivity contribution in [2.45, 2.75) is 88.9 Å². The van der Waals surface area contributed by atoms with Crippen LogP contribution >= 0.6 is 8.53 Å². The van der Waals surface area contributed by atoms with Crippen molar-refractivity contribution in [3.63, 3.8) is 0 Å². The lowest BCUT2D eigenvalue weighted by molar-refractivity contribution is -0.228. The fourth-order valence-electron chi connectivity index (χ4n) is 8.79. The van der Waals surface area contributed by atoms with Crippen LogP contribution in [-0.2, 0) is 28.9 Å². The number of rotatable bonds is 19. The summed E-state index contributed by atoms with van der Waals surface area (Å²) in [5.41, 5.74) is 1.34. The van der Waals surface area contributed by atoms with E-state index in [4.69, 9.17) is 37.7 Å². The standard InChI is InChI=1S/C49H54N7O8P/c1-32(2)56(33(3)4)65(61-28-14-27-50)64-43-42-47(55-31-53-41-44(51-30-52-45(41)55)54-46(57)35-15-10-8-11-16-35)63-48(43,29-60-42)34(5)62-49(36-17-12-9-13-18-36,37-19-23-39(58-6)24-20-37)38-21-25-40(59-7)26-22-38/h8-13,15-26,30-34,42-43,47H,14,28-29H2,1-7H3,(H,51,52,54,57)/t34-,42+,43-,47+,48+,65?/m0/s1. The van der Waals surface area contributed by atoms with Crippen LogP contribution in [0.2, 0.25) is 0 Å². The zero-order chi connectivity index (χ0) is 45.7. The summed E-state index contributed by atoms with van der Waals surface area (Å²) in [7, 11) is 1.50. The number of hydrogen-bond acceptors (Lipinski definition) is 13. The van der Waals surface area contributed by atoms with E-state index in [0.29, 0.717) is 28.2 Å². The first kappa shape index (κ1) is 45.7. The van der Waals surface area contributed by atoms with Gasteiger partial charge in [0.05, 0.1) is 52.4 Å². The Bertz CT molecular complexity index is 2520. The van der Waals surface area contributed by atoms with Crippen molar-refractivity contribution in [1.29, 1.82) is 5.26 Å². The minimum absolute atomic E-state index is 0.0270. The minimum Gasteiger partial charge on any atom is -0.497 e. The SMILES string of the molecule is COc1ccc(C(O[C@@H](C)[C@@]23CO[C@@H]([C@H](n4cnc5c(NC(=O)c6ccccc6)ncnc54)O2)[C@@H]3OP(OCCC#N)N(C(C)C)C(C)C)(c2ccccc2)c2ccc(OC)cc2)cc1. The average Bonchev–Trinajstić information content (AvgIpc) is 4.02. The highest BCUT2D eigenvalue weighted by Crippen LogP contribution is 2.58. The molecule has 1 amide bonds. The molecule has 2 aliphatic heterocycles. The average molecular weight is 900 g/mol. The van der Waals surface area contributed by atoms with Gasteiger partial charge < -0.3 is 38.0 Å². The third-order valence-corrected chi connectivity index (χ3v) is 14.0. The van der Waals surface area contributed by atoms with E-state index in [1.54, 1.807) is 49.4 Å². The number of nitrogens with zero attached hydrogens (tertiary/aromatic N) is 6. The Balaban J connectivity index is 1.25. The van der Waals surface area contributed by atoms with E-state index in [1.165, 1.54) is 6.33 Å². The molecule has 0 aliphatic carbocycles. The molecule has 2 bridgehead atoms. The zero-order valence-corrected chi connectivity index (χ0v) is 38.4. The van der Waals surface area contributed by atoms with Crippen LogP contribution in [0.15, 0.2) is 122 Å². The van der Waals surface area contributed by atoms with E-state index in [0.717, 1.165) is 16.7 Å². The van der Waals surface area contributed by atoms with Gasteiger partial charge in [0.1, 0.15) is 41.2 Å². The van der Waals surface area contributed by atoms with Crippen LogP contribution in [0.3, 0.4) is 0 Å². The predicted molar refractivity (Wildman–Crippen MR) is 245 cm³/mol. The van der Waals surface area contributed by atoms with Gasteiger partial charge in [-0.05, 0) is 87.7 Å². The second kappa shape index (κ2) is 19.7. The van der Waals surface area contributed by atoms with Gasteiger partial charge >= 0.3 is 0 Å². The molecular weight excluding hydrogens is 846 g/mol. The lowest BCUT2D eigenvalue weighted by Gasteiger charge is -2.44. The topological polar surface area (TPSA) is 164 Å². The largest absolute Gasteiger partial charge is 0.497 e. The van der Waals surface area contributed by atoms with E-state index in [1.807, 2.05) is 79.7 Å². The van der Waals surface area contributed by atoms with Crippen LogP contribution < -0.4 is 14.8 Å². The summed E-state index contributed by atoms with van der Waals surface area (Å²) in [5.74, 6) is 1.31. The number of hydrogen-bond donors (Lipinski definition) is 1. The van der Waals surface area contributed by atoms with Gasteiger partial charge in [0.15, 0.2) is 23.2 Å². The Morgan fingerprint density at radius 2 is 1.48 bits per heavy atom. The van der Waals surface area contributed by atoms with E-state index >= 15 is 0 Å². The monoisotopic (exact) mass is 899 g/mol. The van der Waals surface area contributed by atoms with Crippen molar-refractivity contribution in [3.8, 4) is 17.6 Å². The molecule has 2 saturated heterocycles. The molecule has 4 aromatic carbocycles. The Hall–Kier alpha value is -5.82. The van der Waals surface area contributed by atoms with Crippen LogP contribution in [0.4, 0.5) is 5.82 Å². The summed E-state index contributed by atoms with van der Waals surface area (Å²) in [4.78, 5) is 27.1. The summed E-state index contributed by atoms with van der Waals surface area (Å²) in [6.45, 7) is 10.6. The normalized spacial score (nSPS) is 20.3. The molecule has 6 aromatic rings. The smallest absolute Gasteiger partial charge is 0.259 e. The number of carbonyl (C=O) groups excluding carboxylic acids is 1. The molecule has 0 saturated carbocycles. The van der Waals surface area contributed by atoms with Crippen LogP contribution in [0, 0.1) is 11.3 Å². The van der Waals surface area contributed by atoms with Crippen molar-refractivity contribution in [2.75, 3.05) is 32.8 Å². The highest BCUT2D eigenvalue weighted by molar-refractivity contribution is 7.44. The Labute approximate surface area is 380 Å². The Morgan fingerprint density at radius 3 is 2.06 bits per heavy atom. The maximum absolute atomic E-state index is 13.3. The van der Waals surface area contributed by atoms with E-state index < -0.39 is 44.3 Å². The third-order valence-electron chi connectivity index (χ3n) is 11.9. The number of fused-ring (bicyclic) bond motifs is 3. The quantitative estimate of drug-likeness (QED) is 0.0466. The lowest BCUT2D eigenvalue weighted by Crippen LogP contribution is -2.54. The zero-order valence-electron chi connectivity index (χ0n) is 37.5. The first-order valence-corrected chi connectivity index (χ1v) is 22.8. The Morgan fingerprint density at radius 1 is 0.877 bits per heavy atom.